The summed E-state index contributed by atoms with van der Waals surface area (Å²) in [6.45, 7) is 2.08. The maximum Gasteiger partial charge on any atom is 0.226 e. The normalized spacial score (nSPS) is 36.0. The van der Waals surface area contributed by atoms with Crippen LogP contribution in [-0.2, 0) is 4.79 Å². The summed E-state index contributed by atoms with van der Waals surface area (Å²) in [5, 5.41) is 0. The molecule has 0 aromatic heterocycles. The average molecular weight is 276 g/mol. The summed E-state index contributed by atoms with van der Waals surface area (Å²) < 4.78 is 0. The predicted molar refractivity (Wildman–Crippen MR) is 81.4 cm³/mol. The van der Waals surface area contributed by atoms with Gasteiger partial charge >= 0.3 is 0 Å². The van der Waals surface area contributed by atoms with Crippen LogP contribution in [0.15, 0.2) is 12.2 Å². The summed E-state index contributed by atoms with van der Waals surface area (Å²) in [6, 6.07) is 0.488. The Bertz CT molecular complexity index is 390. The fourth-order valence-electron chi connectivity index (χ4n) is 4.28. The lowest BCUT2D eigenvalue weighted by Gasteiger charge is -2.39. The maximum atomic E-state index is 12.9. The summed E-state index contributed by atoms with van der Waals surface area (Å²) >= 11 is 0. The second kappa shape index (κ2) is 5.88. The smallest absolute Gasteiger partial charge is 0.226 e. The van der Waals surface area contributed by atoms with Gasteiger partial charge in [0.1, 0.15) is 0 Å². The largest absolute Gasteiger partial charge is 0.339 e. The van der Waals surface area contributed by atoms with Gasteiger partial charge in [-0.2, -0.15) is 0 Å². The molecule has 112 valence electrons. The third kappa shape index (κ3) is 2.78. The van der Waals surface area contributed by atoms with Crippen LogP contribution in [0.1, 0.15) is 38.5 Å². The molecule has 2 fully saturated rings. The van der Waals surface area contributed by atoms with Crippen molar-refractivity contribution in [2.45, 2.75) is 44.6 Å². The Labute approximate surface area is 123 Å². The standard InChI is InChI=1S/C17H28N2O/c1-18(2)10-8-15-5-3-4-9-19(15)17(20)16-12-13-6-7-14(16)11-13/h6-7,13-16H,3-5,8-12H2,1-2H3/t13-,14+,15?,16-/m1/s1. The molecule has 1 saturated heterocycles. The third-order valence-corrected chi connectivity index (χ3v) is 5.42. The number of piperidine rings is 1. The Kier molecular flexibility index (Phi) is 4.16. The van der Waals surface area contributed by atoms with E-state index >= 15 is 0 Å². The molecule has 3 heteroatoms. The van der Waals surface area contributed by atoms with Crippen LogP contribution in [0, 0.1) is 17.8 Å². The van der Waals surface area contributed by atoms with Crippen LogP contribution in [0.3, 0.4) is 0 Å². The number of amides is 1. The first-order chi connectivity index (χ1) is 9.65. The molecule has 0 radical (unpaired) electrons. The lowest BCUT2D eigenvalue weighted by Crippen LogP contribution is -2.48. The molecule has 3 aliphatic rings. The quantitative estimate of drug-likeness (QED) is 0.737. The zero-order valence-corrected chi connectivity index (χ0v) is 12.9. The second-order valence-corrected chi connectivity index (χ2v) is 7.16. The fraction of sp³-hybridized carbons (Fsp3) is 0.824. The molecule has 20 heavy (non-hydrogen) atoms. The van der Waals surface area contributed by atoms with E-state index in [0.717, 1.165) is 25.9 Å². The highest BCUT2D eigenvalue weighted by atomic mass is 16.2. The molecule has 2 bridgehead atoms. The first kappa shape index (κ1) is 14.1. The van der Waals surface area contributed by atoms with Gasteiger partial charge in [0.05, 0.1) is 0 Å². The molecular weight excluding hydrogens is 248 g/mol. The van der Waals surface area contributed by atoms with Crippen LogP contribution in [-0.4, -0.2) is 48.9 Å². The van der Waals surface area contributed by atoms with Crippen LogP contribution in [0.4, 0.5) is 0 Å². The highest BCUT2D eigenvalue weighted by Crippen LogP contribution is 2.44. The predicted octanol–water partition coefficient (Wildman–Crippen LogP) is 2.53. The molecule has 1 unspecified atom stereocenters. The van der Waals surface area contributed by atoms with Crippen LogP contribution in [0.25, 0.3) is 0 Å². The van der Waals surface area contributed by atoms with E-state index in [1.54, 1.807) is 0 Å². The Hall–Kier alpha value is -0.830. The van der Waals surface area contributed by atoms with Gasteiger partial charge in [0.2, 0.25) is 5.91 Å². The number of carbonyl (C=O) groups is 1. The number of hydrogen-bond donors (Lipinski definition) is 0. The number of likely N-dealkylation sites (tertiary alicyclic amines) is 1. The van der Waals surface area contributed by atoms with Crippen molar-refractivity contribution in [2.75, 3.05) is 27.2 Å². The minimum absolute atomic E-state index is 0.296. The molecule has 1 saturated carbocycles. The van der Waals surface area contributed by atoms with Gasteiger partial charge in [-0.25, -0.2) is 0 Å². The Balaban J connectivity index is 1.63. The molecule has 0 spiro atoms. The number of hydrogen-bond acceptors (Lipinski definition) is 2. The van der Waals surface area contributed by atoms with Crippen molar-refractivity contribution in [3.8, 4) is 0 Å². The summed E-state index contributed by atoms with van der Waals surface area (Å²) in [4.78, 5) is 17.4. The van der Waals surface area contributed by atoms with E-state index in [2.05, 4.69) is 36.0 Å². The minimum atomic E-state index is 0.296. The van der Waals surface area contributed by atoms with Crippen molar-refractivity contribution >= 4 is 5.91 Å². The van der Waals surface area contributed by atoms with Crippen LogP contribution >= 0.6 is 0 Å². The highest BCUT2D eigenvalue weighted by Gasteiger charge is 2.42. The number of rotatable bonds is 4. The molecular formula is C17H28N2O. The van der Waals surface area contributed by atoms with Gasteiger partial charge in [0.25, 0.3) is 0 Å². The molecule has 1 aliphatic heterocycles. The van der Waals surface area contributed by atoms with Gasteiger partial charge in [-0.05, 0) is 71.0 Å². The summed E-state index contributed by atoms with van der Waals surface area (Å²) in [7, 11) is 4.24. The van der Waals surface area contributed by atoms with Crippen molar-refractivity contribution < 1.29 is 4.79 Å². The molecule has 3 rings (SSSR count). The van der Waals surface area contributed by atoms with E-state index in [1.165, 1.54) is 25.7 Å². The van der Waals surface area contributed by atoms with Crippen molar-refractivity contribution in [3.63, 3.8) is 0 Å². The lowest BCUT2D eigenvalue weighted by molar-refractivity contribution is -0.140. The molecule has 0 aromatic rings. The van der Waals surface area contributed by atoms with Crippen molar-refractivity contribution in [3.05, 3.63) is 12.2 Å². The second-order valence-electron chi connectivity index (χ2n) is 7.16. The monoisotopic (exact) mass is 276 g/mol. The van der Waals surface area contributed by atoms with Gasteiger partial charge in [-0.1, -0.05) is 12.2 Å². The number of nitrogens with zero attached hydrogens (tertiary/aromatic N) is 2. The van der Waals surface area contributed by atoms with E-state index in [9.17, 15) is 4.79 Å². The zero-order valence-electron chi connectivity index (χ0n) is 12.9. The minimum Gasteiger partial charge on any atom is -0.339 e. The van der Waals surface area contributed by atoms with Crippen molar-refractivity contribution in [2.24, 2.45) is 17.8 Å². The van der Waals surface area contributed by atoms with Gasteiger partial charge < -0.3 is 9.80 Å². The van der Waals surface area contributed by atoms with E-state index in [4.69, 9.17) is 0 Å². The molecule has 2 aliphatic carbocycles. The fourth-order valence-corrected chi connectivity index (χ4v) is 4.28. The molecule has 4 atom stereocenters. The SMILES string of the molecule is CN(C)CCC1CCCCN1C(=O)[C@@H]1C[C@@H]2C=C[C@H]1C2. The van der Waals surface area contributed by atoms with Gasteiger partial charge in [-0.15, -0.1) is 0 Å². The van der Waals surface area contributed by atoms with Crippen molar-refractivity contribution in [1.29, 1.82) is 0 Å². The van der Waals surface area contributed by atoms with E-state index < -0.39 is 0 Å². The topological polar surface area (TPSA) is 23.6 Å². The van der Waals surface area contributed by atoms with Crippen LogP contribution < -0.4 is 0 Å². The first-order valence-corrected chi connectivity index (χ1v) is 8.28. The summed E-state index contributed by atoms with van der Waals surface area (Å²) in [5.74, 6) is 2.00. The molecule has 3 nitrogen and oxygen atoms in total. The average Bonchev–Trinajstić information content (AvgIpc) is 3.07. The van der Waals surface area contributed by atoms with E-state index in [1.807, 2.05) is 0 Å². The maximum absolute atomic E-state index is 12.9. The Morgan fingerprint density at radius 3 is 2.75 bits per heavy atom. The van der Waals surface area contributed by atoms with Gasteiger partial charge in [-0.3, -0.25) is 4.79 Å². The Morgan fingerprint density at radius 2 is 2.10 bits per heavy atom. The number of carbonyl (C=O) groups excluding carboxylic acids is 1. The third-order valence-electron chi connectivity index (χ3n) is 5.42. The first-order valence-electron chi connectivity index (χ1n) is 8.28. The Morgan fingerprint density at radius 1 is 1.25 bits per heavy atom. The number of allylic oxidation sites excluding steroid dienone is 2. The summed E-state index contributed by atoms with van der Waals surface area (Å²) in [5.41, 5.74) is 0. The van der Waals surface area contributed by atoms with E-state index in [-0.39, 0.29) is 0 Å². The molecule has 0 aromatic carbocycles. The summed E-state index contributed by atoms with van der Waals surface area (Å²) in [6.07, 6.45) is 11.8. The lowest BCUT2D eigenvalue weighted by atomic mass is 9.89. The van der Waals surface area contributed by atoms with Gasteiger partial charge in [0.15, 0.2) is 0 Å². The van der Waals surface area contributed by atoms with Crippen LogP contribution in [0.5, 0.6) is 0 Å². The number of fused-ring (bicyclic) bond motifs is 2. The highest BCUT2D eigenvalue weighted by molar-refractivity contribution is 5.80. The van der Waals surface area contributed by atoms with Crippen LogP contribution in [0.2, 0.25) is 0 Å². The molecule has 1 heterocycles. The molecule has 1 amide bonds. The van der Waals surface area contributed by atoms with Gasteiger partial charge in [0, 0.05) is 18.5 Å². The zero-order chi connectivity index (χ0) is 14.1. The van der Waals surface area contributed by atoms with E-state index in [0.29, 0.717) is 29.7 Å². The van der Waals surface area contributed by atoms with Crippen molar-refractivity contribution in [1.82, 2.24) is 9.80 Å². The molecule has 0 N–H and O–H groups in total.